The third-order valence-corrected chi connectivity index (χ3v) is 4.77. The zero-order valence-corrected chi connectivity index (χ0v) is 17.1. The molecule has 0 spiro atoms. The monoisotopic (exact) mass is 382 g/mol. The van der Waals surface area contributed by atoms with E-state index in [1.54, 1.807) is 12.1 Å². The number of unbranched alkanes of at least 4 members (excludes halogenated alkanes) is 3. The van der Waals surface area contributed by atoms with E-state index in [1.165, 1.54) is 32.4 Å². The van der Waals surface area contributed by atoms with E-state index in [9.17, 15) is 9.59 Å². The second-order valence-corrected chi connectivity index (χ2v) is 7.08. The number of hydrogen-bond acceptors (Lipinski definition) is 4. The molecule has 1 aliphatic rings. The Morgan fingerprint density at radius 3 is 2.46 bits per heavy atom. The second-order valence-electron chi connectivity index (χ2n) is 7.08. The van der Waals surface area contributed by atoms with Gasteiger partial charge in [-0.2, -0.15) is 0 Å². The third-order valence-electron chi connectivity index (χ3n) is 4.77. The highest BCUT2D eigenvalue weighted by molar-refractivity contribution is 5.90. The van der Waals surface area contributed by atoms with Gasteiger partial charge in [-0.05, 0) is 55.0 Å². The molecule has 0 aromatic heterocycles. The maximum atomic E-state index is 12.3. The standard InChI is InChI=1S/C24H30O4/c1-4-5-6-7-8-18(2)28-24(26)22-15-13-21(14-16-22)20-11-9-19(10-12-20)17-23(25)27-3/h9,11-18H,4-8,10H2,1-3H3. The van der Waals surface area contributed by atoms with Crippen molar-refractivity contribution in [1.29, 1.82) is 0 Å². The Bertz CT molecular complexity index is 753. The van der Waals surface area contributed by atoms with Gasteiger partial charge in [0.15, 0.2) is 0 Å². The smallest absolute Gasteiger partial charge is 0.338 e. The van der Waals surface area contributed by atoms with Crippen molar-refractivity contribution in [1.82, 2.24) is 0 Å². The highest BCUT2D eigenvalue weighted by Gasteiger charge is 2.13. The molecule has 0 radical (unpaired) electrons. The zero-order valence-electron chi connectivity index (χ0n) is 17.1. The van der Waals surface area contributed by atoms with Crippen molar-refractivity contribution in [3.05, 3.63) is 65.3 Å². The summed E-state index contributed by atoms with van der Waals surface area (Å²) in [6.45, 7) is 4.14. The topological polar surface area (TPSA) is 52.6 Å². The van der Waals surface area contributed by atoms with Crippen LogP contribution in [0.3, 0.4) is 0 Å². The first-order chi connectivity index (χ1) is 13.5. The summed E-state index contributed by atoms with van der Waals surface area (Å²) < 4.78 is 10.2. The minimum Gasteiger partial charge on any atom is -0.466 e. The number of benzene rings is 1. The molecule has 0 bridgehead atoms. The van der Waals surface area contributed by atoms with Gasteiger partial charge in [-0.25, -0.2) is 9.59 Å². The fourth-order valence-electron chi connectivity index (χ4n) is 3.06. The summed E-state index contributed by atoms with van der Waals surface area (Å²) in [4.78, 5) is 23.6. The summed E-state index contributed by atoms with van der Waals surface area (Å²) in [6, 6.07) is 7.45. The molecule has 0 amide bonds. The molecule has 1 atom stereocenters. The molecule has 0 heterocycles. The van der Waals surface area contributed by atoms with Gasteiger partial charge in [0.25, 0.3) is 0 Å². The van der Waals surface area contributed by atoms with Crippen LogP contribution in [0.25, 0.3) is 5.57 Å². The predicted octanol–water partition coefficient (Wildman–Crippen LogP) is 5.65. The number of carbonyl (C=O) groups excluding carboxylic acids is 2. The molecule has 28 heavy (non-hydrogen) atoms. The first-order valence-corrected chi connectivity index (χ1v) is 10.0. The highest BCUT2D eigenvalue weighted by atomic mass is 16.5. The normalized spacial score (nSPS) is 15.8. The van der Waals surface area contributed by atoms with Crippen molar-refractivity contribution in [3.8, 4) is 0 Å². The Kier molecular flexibility index (Phi) is 8.73. The lowest BCUT2D eigenvalue weighted by molar-refractivity contribution is -0.134. The average Bonchev–Trinajstić information content (AvgIpc) is 2.72. The van der Waals surface area contributed by atoms with Crippen LogP contribution in [0.5, 0.6) is 0 Å². The number of carbonyl (C=O) groups is 2. The number of esters is 2. The molecule has 2 rings (SSSR count). The maximum Gasteiger partial charge on any atom is 0.338 e. The fraction of sp³-hybridized carbons (Fsp3) is 0.417. The Hall–Kier alpha value is -2.62. The summed E-state index contributed by atoms with van der Waals surface area (Å²) in [5, 5.41) is 0. The van der Waals surface area contributed by atoms with E-state index in [0.29, 0.717) is 12.0 Å². The van der Waals surface area contributed by atoms with E-state index in [-0.39, 0.29) is 18.0 Å². The lowest BCUT2D eigenvalue weighted by Crippen LogP contribution is -2.15. The van der Waals surface area contributed by atoms with Crippen molar-refractivity contribution >= 4 is 17.5 Å². The van der Waals surface area contributed by atoms with Gasteiger partial charge in [-0.15, -0.1) is 0 Å². The van der Waals surface area contributed by atoms with Crippen LogP contribution in [0.15, 0.2) is 54.1 Å². The van der Waals surface area contributed by atoms with Crippen LogP contribution in [0, 0.1) is 0 Å². The van der Waals surface area contributed by atoms with E-state index >= 15 is 0 Å². The molecule has 1 aromatic carbocycles. The minimum absolute atomic E-state index is 0.0620. The van der Waals surface area contributed by atoms with Gasteiger partial charge < -0.3 is 9.47 Å². The van der Waals surface area contributed by atoms with Crippen molar-refractivity contribution in [2.24, 2.45) is 0 Å². The van der Waals surface area contributed by atoms with Gasteiger partial charge in [0.05, 0.1) is 18.8 Å². The third kappa shape index (κ3) is 6.84. The lowest BCUT2D eigenvalue weighted by Gasteiger charge is -2.14. The molecule has 0 N–H and O–H groups in total. The molecule has 150 valence electrons. The molecular formula is C24H30O4. The summed E-state index contributed by atoms with van der Waals surface area (Å²) in [7, 11) is 1.37. The van der Waals surface area contributed by atoms with Crippen molar-refractivity contribution < 1.29 is 19.1 Å². The van der Waals surface area contributed by atoms with Crippen molar-refractivity contribution in [3.63, 3.8) is 0 Å². The van der Waals surface area contributed by atoms with Crippen LogP contribution in [0.4, 0.5) is 0 Å². The van der Waals surface area contributed by atoms with Crippen LogP contribution in [0.2, 0.25) is 0 Å². The summed E-state index contributed by atoms with van der Waals surface area (Å²) in [5.74, 6) is -0.620. The van der Waals surface area contributed by atoms with Gasteiger partial charge in [0, 0.05) is 6.08 Å². The number of allylic oxidation sites excluding steroid dienone is 5. The molecule has 1 aliphatic carbocycles. The maximum absolute atomic E-state index is 12.3. The molecule has 0 saturated carbocycles. The predicted molar refractivity (Wildman–Crippen MR) is 112 cm³/mol. The summed E-state index contributed by atoms with van der Waals surface area (Å²) in [5.41, 5.74) is 3.56. The Labute approximate surface area is 167 Å². The number of hydrogen-bond donors (Lipinski definition) is 0. The lowest BCUT2D eigenvalue weighted by atomic mass is 9.96. The van der Waals surface area contributed by atoms with E-state index < -0.39 is 0 Å². The molecule has 0 saturated heterocycles. The SMILES string of the molecule is CCCCCCC(C)OC(=O)c1ccc(C2=CCC(=CC(=O)OC)C=C2)cc1. The number of methoxy groups -OCH3 is 1. The molecular weight excluding hydrogens is 352 g/mol. The van der Waals surface area contributed by atoms with E-state index in [2.05, 4.69) is 17.7 Å². The number of rotatable bonds is 9. The largest absolute Gasteiger partial charge is 0.466 e. The summed E-state index contributed by atoms with van der Waals surface area (Å²) in [6.07, 6.45) is 13.6. The Morgan fingerprint density at radius 2 is 1.86 bits per heavy atom. The van der Waals surface area contributed by atoms with Crippen molar-refractivity contribution in [2.45, 2.75) is 58.5 Å². The fourth-order valence-corrected chi connectivity index (χ4v) is 3.06. The van der Waals surface area contributed by atoms with Gasteiger partial charge in [0.1, 0.15) is 0 Å². The number of ether oxygens (including phenoxy) is 2. The van der Waals surface area contributed by atoms with Gasteiger partial charge >= 0.3 is 11.9 Å². The van der Waals surface area contributed by atoms with Crippen LogP contribution in [0.1, 0.15) is 68.3 Å². The minimum atomic E-state index is -0.348. The molecule has 0 fully saturated rings. The Balaban J connectivity index is 1.89. The Morgan fingerprint density at radius 1 is 1.11 bits per heavy atom. The molecule has 4 heteroatoms. The van der Waals surface area contributed by atoms with E-state index in [4.69, 9.17) is 4.74 Å². The van der Waals surface area contributed by atoms with Crippen LogP contribution in [-0.2, 0) is 14.3 Å². The van der Waals surface area contributed by atoms with Gasteiger partial charge in [0.2, 0.25) is 0 Å². The molecule has 1 unspecified atom stereocenters. The van der Waals surface area contributed by atoms with Gasteiger partial charge in [-0.1, -0.05) is 56.5 Å². The van der Waals surface area contributed by atoms with Crippen LogP contribution >= 0.6 is 0 Å². The van der Waals surface area contributed by atoms with Crippen LogP contribution in [-0.4, -0.2) is 25.2 Å². The molecule has 4 nitrogen and oxygen atoms in total. The average molecular weight is 383 g/mol. The first kappa shape index (κ1) is 21.7. The highest BCUT2D eigenvalue weighted by Crippen LogP contribution is 2.24. The van der Waals surface area contributed by atoms with E-state index in [1.807, 2.05) is 31.2 Å². The quantitative estimate of drug-likeness (QED) is 0.315. The second kappa shape index (κ2) is 11.3. The van der Waals surface area contributed by atoms with E-state index in [0.717, 1.165) is 29.6 Å². The zero-order chi connectivity index (χ0) is 20.4. The molecule has 0 aliphatic heterocycles. The first-order valence-electron chi connectivity index (χ1n) is 10.0. The van der Waals surface area contributed by atoms with Crippen LogP contribution < -0.4 is 0 Å². The molecule has 1 aromatic rings. The van der Waals surface area contributed by atoms with Crippen molar-refractivity contribution in [2.75, 3.05) is 7.11 Å². The summed E-state index contributed by atoms with van der Waals surface area (Å²) >= 11 is 0. The van der Waals surface area contributed by atoms with Gasteiger partial charge in [-0.3, -0.25) is 0 Å².